The first-order valence-electron chi connectivity index (χ1n) is 15.6. The Hall–Kier alpha value is -3.40. The molecule has 3 amide bonds. The molecule has 0 aliphatic carbocycles. The average Bonchev–Trinajstić information content (AvgIpc) is 3.12. The summed E-state index contributed by atoms with van der Waals surface area (Å²) in [6.45, 7) is -6.17. The van der Waals surface area contributed by atoms with Crippen LogP contribution in [-0.2, 0) is 14.6 Å². The molecule has 1 heterocycles. The third-order valence-electron chi connectivity index (χ3n) is 4.17. The van der Waals surface area contributed by atoms with Gasteiger partial charge in [0.15, 0.2) is 11.5 Å². The predicted octanol–water partition coefficient (Wildman–Crippen LogP) is 2.43. The zero-order chi connectivity index (χ0) is 35.6. The van der Waals surface area contributed by atoms with Gasteiger partial charge in [0.05, 0.1) is 50.4 Å². The molecule has 1 N–H and O–H groups in total. The van der Waals surface area contributed by atoms with Crippen LogP contribution in [0.4, 0.5) is 5.69 Å². The molecule has 0 radical (unpaired) electrons. The molecule has 1 aliphatic rings. The molecule has 0 unspecified atom stereocenters. The van der Waals surface area contributed by atoms with Crippen molar-refractivity contribution in [1.29, 1.82) is 0 Å². The van der Waals surface area contributed by atoms with E-state index in [1.54, 1.807) is 0 Å². The van der Waals surface area contributed by atoms with Crippen LogP contribution in [0.1, 0.15) is 65.3 Å². The number of carbonyl (C=O) groups excluding carboxylic acids is 3. The molecular weight excluding hydrogens is 436 g/mol. The summed E-state index contributed by atoms with van der Waals surface area (Å²) in [4.78, 5) is 39.0. The Kier molecular flexibility index (Phi) is 3.08. The van der Waals surface area contributed by atoms with E-state index >= 15 is 0 Å². The van der Waals surface area contributed by atoms with Crippen molar-refractivity contribution in [2.45, 2.75) is 19.8 Å². The zero-order valence-corrected chi connectivity index (χ0v) is 17.0. The highest BCUT2D eigenvalue weighted by molar-refractivity contribution is 7.90. The number of hydrogen-bond donors (Lipinski definition) is 1. The second-order valence-corrected chi connectivity index (χ2v) is 7.49. The Labute approximate surface area is 205 Å². The van der Waals surface area contributed by atoms with E-state index in [1.807, 2.05) is 0 Å². The van der Waals surface area contributed by atoms with Crippen LogP contribution in [0, 0.1) is 0 Å². The standard InChI is InChI=1S/C22H24N2O7S/c1-5-31-19-11-14(9-10-18(19)30-3)17(12-32(4,28)29)24-21(26)15-7-6-8-16(23-13(2)25)20(15)22(24)27/h6-11,17H,5,12H2,1-4H3,(H,23,25)/t17-/m1/s1/i1D3,3D3,4D3,5D2,12D2,17D. The maximum Gasteiger partial charge on any atom is 0.264 e. The van der Waals surface area contributed by atoms with Crippen molar-refractivity contribution in [3.63, 3.8) is 0 Å². The molecule has 0 aromatic heterocycles. The zero-order valence-electron chi connectivity index (χ0n) is 30.2. The SMILES string of the molecule is [2H]C([2H])([2H])Oc1ccc([C@]([2H])(N2C(=O)c3cccc(NC(C)=O)c3C2=O)C([2H])([2H])S(=O)(=O)C([2H])([2H])[2H])cc1OC([2H])([2H])C([2H])([2H])[2H]. The largest absolute Gasteiger partial charge is 0.493 e. The minimum Gasteiger partial charge on any atom is -0.493 e. The lowest BCUT2D eigenvalue weighted by atomic mass is 10.1. The predicted molar refractivity (Wildman–Crippen MR) is 118 cm³/mol. The second kappa shape index (κ2) is 8.99. The Bertz CT molecular complexity index is 1700. The molecule has 1 aliphatic heterocycles. The van der Waals surface area contributed by atoms with Gasteiger partial charge in [0.25, 0.3) is 11.8 Å². The van der Waals surface area contributed by atoms with Crippen molar-refractivity contribution in [3.8, 4) is 11.5 Å². The maximum atomic E-state index is 13.8. The van der Waals surface area contributed by atoms with E-state index in [9.17, 15) is 24.2 Å². The minimum atomic E-state index is -6.19. The van der Waals surface area contributed by atoms with Gasteiger partial charge in [0, 0.05) is 24.1 Å². The normalized spacial score (nSPS) is 23.7. The number of fused-ring (bicyclic) bond motifs is 1. The first kappa shape index (κ1) is 11.0. The van der Waals surface area contributed by atoms with Crippen LogP contribution >= 0.6 is 0 Å². The fraction of sp³-hybridized carbons (Fsp3) is 0.318. The number of imide groups is 1. The van der Waals surface area contributed by atoms with Gasteiger partial charge < -0.3 is 14.8 Å². The van der Waals surface area contributed by atoms with Gasteiger partial charge in [-0.25, -0.2) is 8.42 Å². The molecule has 170 valence electrons. The summed E-state index contributed by atoms with van der Waals surface area (Å²) >= 11 is 0. The van der Waals surface area contributed by atoms with Gasteiger partial charge in [-0.1, -0.05) is 12.1 Å². The summed E-state index contributed by atoms with van der Waals surface area (Å²) in [5, 5.41) is 2.25. The lowest BCUT2D eigenvalue weighted by Crippen LogP contribution is -2.37. The summed E-state index contributed by atoms with van der Waals surface area (Å²) < 4.78 is 145. The summed E-state index contributed by atoms with van der Waals surface area (Å²) in [7, 11) is -9.49. The van der Waals surface area contributed by atoms with Crippen molar-refractivity contribution in [1.82, 2.24) is 4.90 Å². The van der Waals surface area contributed by atoms with Gasteiger partial charge in [-0.15, -0.1) is 0 Å². The number of nitrogens with zero attached hydrogens (tertiary/aromatic N) is 1. The lowest BCUT2D eigenvalue weighted by molar-refractivity contribution is -0.114. The van der Waals surface area contributed by atoms with E-state index in [2.05, 4.69) is 5.32 Å². The first-order valence-corrected chi connectivity index (χ1v) is 10.1. The van der Waals surface area contributed by atoms with Crippen LogP contribution in [0.3, 0.4) is 0 Å². The monoisotopic (exact) mass is 474 g/mol. The Morgan fingerprint density at radius 3 is 2.75 bits per heavy atom. The minimum absolute atomic E-state index is 0.242. The molecule has 10 heteroatoms. The number of hydrogen-bond acceptors (Lipinski definition) is 7. The van der Waals surface area contributed by atoms with Crippen LogP contribution in [0.25, 0.3) is 0 Å². The molecule has 0 saturated heterocycles. The van der Waals surface area contributed by atoms with Crippen LogP contribution in [0.15, 0.2) is 36.4 Å². The Morgan fingerprint density at radius 2 is 2.06 bits per heavy atom. The molecule has 0 spiro atoms. The van der Waals surface area contributed by atoms with Crippen molar-refractivity contribution in [2.24, 2.45) is 0 Å². The molecule has 32 heavy (non-hydrogen) atoms. The molecule has 3 rings (SSSR count). The van der Waals surface area contributed by atoms with Crippen molar-refractivity contribution in [3.05, 3.63) is 53.1 Å². The number of ether oxygens (including phenoxy) is 2. The van der Waals surface area contributed by atoms with E-state index in [1.165, 1.54) is 6.07 Å². The van der Waals surface area contributed by atoms with Gasteiger partial charge >= 0.3 is 0 Å². The topological polar surface area (TPSA) is 119 Å². The van der Waals surface area contributed by atoms with Crippen LogP contribution in [-0.4, -0.2) is 56.5 Å². The number of benzene rings is 2. The van der Waals surface area contributed by atoms with Gasteiger partial charge in [0.1, 0.15) is 9.84 Å². The molecule has 1 atom stereocenters. The van der Waals surface area contributed by atoms with E-state index in [0.29, 0.717) is 18.2 Å². The number of amides is 3. The van der Waals surface area contributed by atoms with Crippen LogP contribution in [0.5, 0.6) is 11.5 Å². The van der Waals surface area contributed by atoms with Crippen molar-refractivity contribution >= 4 is 33.2 Å². The highest BCUT2D eigenvalue weighted by Gasteiger charge is 2.43. The summed E-state index contributed by atoms with van der Waals surface area (Å²) in [5.74, 6) is -5.96. The third kappa shape index (κ3) is 4.59. The van der Waals surface area contributed by atoms with Crippen molar-refractivity contribution in [2.75, 3.05) is 30.8 Å². The molecule has 0 fully saturated rings. The number of methoxy groups -OCH3 is 1. The number of nitrogens with one attached hydrogen (secondary N) is 1. The number of anilines is 1. The number of rotatable bonds is 8. The first-order chi connectivity index (χ1) is 20.5. The van der Waals surface area contributed by atoms with Crippen LogP contribution < -0.4 is 14.8 Å². The fourth-order valence-electron chi connectivity index (χ4n) is 3.02. The molecule has 0 bridgehead atoms. The van der Waals surface area contributed by atoms with Gasteiger partial charge in [-0.2, -0.15) is 0 Å². The second-order valence-electron chi connectivity index (χ2n) is 6.28. The summed E-state index contributed by atoms with van der Waals surface area (Å²) in [6.07, 6.45) is -4.20. The summed E-state index contributed by atoms with van der Waals surface area (Å²) in [5.41, 5.74) is -7.08. The highest BCUT2D eigenvalue weighted by Crippen LogP contribution is 2.38. The lowest BCUT2D eigenvalue weighted by Gasteiger charge is -2.27. The summed E-state index contributed by atoms with van der Waals surface area (Å²) in [6, 6.07) is 0.862. The average molecular weight is 475 g/mol. The quantitative estimate of drug-likeness (QED) is 0.584. The van der Waals surface area contributed by atoms with E-state index in [0.717, 1.165) is 19.1 Å². The van der Waals surface area contributed by atoms with Crippen LogP contribution in [0.2, 0.25) is 0 Å². The van der Waals surface area contributed by atoms with E-state index in [-0.39, 0.29) is 10.6 Å². The molecule has 0 saturated carbocycles. The highest BCUT2D eigenvalue weighted by atomic mass is 32.2. The Balaban J connectivity index is 2.46. The van der Waals surface area contributed by atoms with Gasteiger partial charge in [-0.05, 0) is 36.7 Å². The van der Waals surface area contributed by atoms with E-state index < -0.39 is 94.1 Å². The van der Waals surface area contributed by atoms with Gasteiger partial charge in [0.2, 0.25) is 5.91 Å². The molecular formula is C22H24N2O7S. The fourth-order valence-corrected chi connectivity index (χ4v) is 3.48. The molecule has 2 aromatic carbocycles. The molecule has 2 aromatic rings. The maximum absolute atomic E-state index is 13.8. The third-order valence-corrected chi connectivity index (χ3v) is 4.63. The number of carbonyl (C=O) groups is 3. The molecule has 9 nitrogen and oxygen atoms in total. The smallest absolute Gasteiger partial charge is 0.264 e. The van der Waals surface area contributed by atoms with Gasteiger partial charge in [-0.3, -0.25) is 19.3 Å². The van der Waals surface area contributed by atoms with E-state index in [4.69, 9.17) is 27.3 Å². The number of sulfone groups is 1. The van der Waals surface area contributed by atoms with Crippen molar-refractivity contribution < 1.29 is 51.5 Å². The Morgan fingerprint density at radius 1 is 1.25 bits per heavy atom.